The smallest absolute Gasteiger partial charge is 0.192 e. The van der Waals surface area contributed by atoms with Crippen molar-refractivity contribution in [2.75, 3.05) is 45.9 Å². The van der Waals surface area contributed by atoms with Crippen molar-refractivity contribution in [2.45, 2.75) is 13.0 Å². The number of nitrogens with one attached hydrogen (secondary N) is 2. The molecule has 1 atom stereocenters. The van der Waals surface area contributed by atoms with Crippen LogP contribution in [-0.4, -0.2) is 56.8 Å². The van der Waals surface area contributed by atoms with Crippen molar-refractivity contribution in [2.24, 2.45) is 4.99 Å². The number of hydrogen-bond donors (Lipinski definition) is 2. The molecule has 1 heterocycles. The predicted molar refractivity (Wildman–Crippen MR) is 94.4 cm³/mol. The molecule has 0 aliphatic carbocycles. The van der Waals surface area contributed by atoms with E-state index in [4.69, 9.17) is 16.2 Å². The van der Waals surface area contributed by atoms with Crippen LogP contribution in [0.15, 0.2) is 35.3 Å². The summed E-state index contributed by atoms with van der Waals surface area (Å²) in [7, 11) is 0. The fourth-order valence-corrected chi connectivity index (χ4v) is 2.65. The molecule has 0 bridgehead atoms. The van der Waals surface area contributed by atoms with Crippen LogP contribution in [0.5, 0.6) is 0 Å². The summed E-state index contributed by atoms with van der Waals surface area (Å²) in [4.78, 5) is 7.16. The SMILES string of the molecule is C#CCNC(=NCC(c1ccccc1)N1CCOCC1)NCC. The maximum absolute atomic E-state index is 5.48. The molecular formula is C18H26N4O. The number of morpholine rings is 1. The van der Waals surface area contributed by atoms with Crippen LogP contribution in [0, 0.1) is 12.3 Å². The summed E-state index contributed by atoms with van der Waals surface area (Å²) in [6.07, 6.45) is 5.32. The Balaban J connectivity index is 2.11. The lowest BCUT2D eigenvalue weighted by atomic mass is 10.1. The molecule has 0 saturated carbocycles. The van der Waals surface area contributed by atoms with E-state index in [0.717, 1.165) is 38.8 Å². The van der Waals surface area contributed by atoms with Gasteiger partial charge in [0, 0.05) is 19.6 Å². The molecule has 124 valence electrons. The first kappa shape index (κ1) is 17.3. The van der Waals surface area contributed by atoms with Gasteiger partial charge >= 0.3 is 0 Å². The molecule has 2 rings (SSSR count). The number of nitrogens with zero attached hydrogens (tertiary/aromatic N) is 2. The van der Waals surface area contributed by atoms with E-state index in [2.05, 4.69) is 45.7 Å². The molecule has 1 fully saturated rings. The Kier molecular flexibility index (Phi) is 7.44. The van der Waals surface area contributed by atoms with Gasteiger partial charge in [0.05, 0.1) is 32.3 Å². The summed E-state index contributed by atoms with van der Waals surface area (Å²) in [6, 6.07) is 10.8. The third kappa shape index (κ3) is 5.59. The van der Waals surface area contributed by atoms with Crippen LogP contribution in [0.25, 0.3) is 0 Å². The molecule has 5 nitrogen and oxygen atoms in total. The minimum Gasteiger partial charge on any atom is -0.379 e. The Bertz CT molecular complexity index is 518. The zero-order chi connectivity index (χ0) is 16.3. The van der Waals surface area contributed by atoms with E-state index in [9.17, 15) is 0 Å². The van der Waals surface area contributed by atoms with E-state index in [1.54, 1.807) is 0 Å². The van der Waals surface area contributed by atoms with Crippen molar-refractivity contribution in [3.05, 3.63) is 35.9 Å². The van der Waals surface area contributed by atoms with E-state index in [1.165, 1.54) is 5.56 Å². The Morgan fingerprint density at radius 1 is 1.30 bits per heavy atom. The zero-order valence-electron chi connectivity index (χ0n) is 13.8. The van der Waals surface area contributed by atoms with Gasteiger partial charge in [0.15, 0.2) is 5.96 Å². The van der Waals surface area contributed by atoms with Crippen LogP contribution >= 0.6 is 0 Å². The molecule has 0 amide bonds. The van der Waals surface area contributed by atoms with Gasteiger partial charge < -0.3 is 15.4 Å². The number of terminal acetylenes is 1. The molecule has 0 aromatic heterocycles. The summed E-state index contributed by atoms with van der Waals surface area (Å²) in [6.45, 7) is 7.44. The number of benzene rings is 1. The topological polar surface area (TPSA) is 48.9 Å². The van der Waals surface area contributed by atoms with Crippen molar-refractivity contribution in [1.82, 2.24) is 15.5 Å². The van der Waals surface area contributed by atoms with Crippen LogP contribution in [0.1, 0.15) is 18.5 Å². The predicted octanol–water partition coefficient (Wildman–Crippen LogP) is 1.25. The molecule has 0 radical (unpaired) electrons. The Morgan fingerprint density at radius 2 is 2.04 bits per heavy atom. The standard InChI is InChI=1S/C18H26N4O/c1-3-10-20-18(19-4-2)21-15-17(16-8-6-5-7-9-16)22-11-13-23-14-12-22/h1,5-9,17H,4,10-15H2,2H3,(H2,19,20,21). The first-order chi connectivity index (χ1) is 11.3. The second-order valence-electron chi connectivity index (χ2n) is 5.35. The van der Waals surface area contributed by atoms with Gasteiger partial charge in [-0.15, -0.1) is 6.42 Å². The van der Waals surface area contributed by atoms with Gasteiger partial charge in [-0.3, -0.25) is 9.89 Å². The van der Waals surface area contributed by atoms with Crippen LogP contribution in [0.4, 0.5) is 0 Å². The molecule has 1 unspecified atom stereocenters. The number of guanidine groups is 1. The van der Waals surface area contributed by atoms with E-state index in [-0.39, 0.29) is 6.04 Å². The average molecular weight is 314 g/mol. The lowest BCUT2D eigenvalue weighted by molar-refractivity contribution is 0.0180. The van der Waals surface area contributed by atoms with Gasteiger partial charge in [-0.05, 0) is 12.5 Å². The second-order valence-corrected chi connectivity index (χ2v) is 5.35. The van der Waals surface area contributed by atoms with Gasteiger partial charge in [-0.25, -0.2) is 0 Å². The maximum atomic E-state index is 5.48. The molecule has 1 aliphatic heterocycles. The Morgan fingerprint density at radius 3 is 2.70 bits per heavy atom. The summed E-state index contributed by atoms with van der Waals surface area (Å²) < 4.78 is 5.48. The van der Waals surface area contributed by atoms with Crippen LogP contribution < -0.4 is 10.6 Å². The van der Waals surface area contributed by atoms with E-state index < -0.39 is 0 Å². The van der Waals surface area contributed by atoms with Crippen LogP contribution in [-0.2, 0) is 4.74 Å². The summed E-state index contributed by atoms with van der Waals surface area (Å²) in [5.41, 5.74) is 1.28. The van der Waals surface area contributed by atoms with E-state index >= 15 is 0 Å². The number of rotatable bonds is 6. The lowest BCUT2D eigenvalue weighted by Gasteiger charge is -2.34. The highest BCUT2D eigenvalue weighted by Crippen LogP contribution is 2.22. The number of ether oxygens (including phenoxy) is 1. The molecule has 1 saturated heterocycles. The molecule has 0 spiro atoms. The van der Waals surface area contributed by atoms with E-state index in [1.807, 2.05) is 13.0 Å². The third-order valence-electron chi connectivity index (χ3n) is 3.80. The molecular weight excluding hydrogens is 288 g/mol. The van der Waals surface area contributed by atoms with Crippen LogP contribution in [0.2, 0.25) is 0 Å². The molecule has 2 N–H and O–H groups in total. The minimum atomic E-state index is 0.251. The molecule has 1 aliphatic rings. The van der Waals surface area contributed by atoms with Gasteiger partial charge in [0.2, 0.25) is 0 Å². The van der Waals surface area contributed by atoms with Gasteiger partial charge in [0.1, 0.15) is 0 Å². The molecule has 23 heavy (non-hydrogen) atoms. The highest BCUT2D eigenvalue weighted by atomic mass is 16.5. The van der Waals surface area contributed by atoms with Crippen molar-refractivity contribution in [3.63, 3.8) is 0 Å². The minimum absolute atomic E-state index is 0.251. The van der Waals surface area contributed by atoms with E-state index in [0.29, 0.717) is 13.1 Å². The second kappa shape index (κ2) is 9.88. The molecule has 5 heteroatoms. The maximum Gasteiger partial charge on any atom is 0.192 e. The van der Waals surface area contributed by atoms with Gasteiger partial charge in [-0.1, -0.05) is 36.3 Å². The van der Waals surface area contributed by atoms with Crippen molar-refractivity contribution >= 4 is 5.96 Å². The highest BCUT2D eigenvalue weighted by Gasteiger charge is 2.22. The Hall–Kier alpha value is -2.03. The highest BCUT2D eigenvalue weighted by molar-refractivity contribution is 5.80. The fourth-order valence-electron chi connectivity index (χ4n) is 2.65. The van der Waals surface area contributed by atoms with Gasteiger partial charge in [0.25, 0.3) is 0 Å². The van der Waals surface area contributed by atoms with Crippen molar-refractivity contribution in [1.29, 1.82) is 0 Å². The number of aliphatic imine (C=N–C) groups is 1. The third-order valence-corrected chi connectivity index (χ3v) is 3.80. The first-order valence-corrected chi connectivity index (χ1v) is 8.17. The summed E-state index contributed by atoms with van der Waals surface area (Å²) >= 11 is 0. The Labute approximate surface area is 139 Å². The average Bonchev–Trinajstić information content (AvgIpc) is 2.61. The molecule has 1 aromatic rings. The quantitative estimate of drug-likeness (QED) is 0.471. The van der Waals surface area contributed by atoms with Gasteiger partial charge in [-0.2, -0.15) is 0 Å². The first-order valence-electron chi connectivity index (χ1n) is 8.17. The molecule has 1 aromatic carbocycles. The number of hydrogen-bond acceptors (Lipinski definition) is 3. The van der Waals surface area contributed by atoms with Crippen molar-refractivity contribution in [3.8, 4) is 12.3 Å². The summed E-state index contributed by atoms with van der Waals surface area (Å²) in [5, 5.41) is 6.37. The largest absolute Gasteiger partial charge is 0.379 e. The fraction of sp³-hybridized carbons (Fsp3) is 0.500. The lowest BCUT2D eigenvalue weighted by Crippen LogP contribution is -2.41. The van der Waals surface area contributed by atoms with Crippen molar-refractivity contribution < 1.29 is 4.74 Å². The summed E-state index contributed by atoms with van der Waals surface area (Å²) in [5.74, 6) is 3.34. The zero-order valence-corrected chi connectivity index (χ0v) is 13.8. The normalized spacial score (nSPS) is 17.3. The monoisotopic (exact) mass is 314 g/mol. The van der Waals surface area contributed by atoms with Crippen LogP contribution in [0.3, 0.4) is 0 Å².